The summed E-state index contributed by atoms with van der Waals surface area (Å²) in [4.78, 5) is 4.09. The summed E-state index contributed by atoms with van der Waals surface area (Å²) in [6.07, 6.45) is -2.22. The molecule has 2 aromatic rings. The zero-order valence-electron chi connectivity index (χ0n) is 12.2. The van der Waals surface area contributed by atoms with Gasteiger partial charge in [-0.2, -0.15) is 0 Å². The number of piperidine rings is 1. The molecule has 0 spiro atoms. The van der Waals surface area contributed by atoms with Gasteiger partial charge in [0.1, 0.15) is 5.52 Å². The van der Waals surface area contributed by atoms with Gasteiger partial charge in [0.05, 0.1) is 0 Å². The number of hydrogen-bond donors (Lipinski definition) is 1. The van der Waals surface area contributed by atoms with Crippen molar-refractivity contribution in [1.29, 1.82) is 0 Å². The van der Waals surface area contributed by atoms with Gasteiger partial charge in [-0.25, -0.2) is 0 Å². The summed E-state index contributed by atoms with van der Waals surface area (Å²) in [5.74, 6) is 0.565. The molecule has 1 saturated heterocycles. The van der Waals surface area contributed by atoms with Crippen LogP contribution in [0.25, 0.3) is 10.9 Å². The number of rotatable bonds is 2. The number of fused-ring (bicyclic) bond motifs is 1. The predicted molar refractivity (Wildman–Crippen MR) is 77.8 cm³/mol. The van der Waals surface area contributed by atoms with Crippen LogP contribution in [0.15, 0.2) is 30.5 Å². The molecule has 0 bridgehead atoms. The second kappa shape index (κ2) is 5.76. The standard InChI is InChI=1S/C16H17F3N2O/c1-10-7-11(9-20-8-10)12-4-5-14(22-16(17,18)19)15-13(12)3-2-6-21-15/h2-6,10-11,20H,7-9H2,1H3/t10-,11?/m1/s1. The number of halogens is 3. The Hall–Kier alpha value is -1.82. The Morgan fingerprint density at radius 2 is 2.05 bits per heavy atom. The molecule has 0 aliphatic carbocycles. The number of aromatic nitrogens is 1. The molecule has 22 heavy (non-hydrogen) atoms. The molecule has 1 aliphatic heterocycles. The van der Waals surface area contributed by atoms with E-state index in [9.17, 15) is 13.2 Å². The zero-order valence-corrected chi connectivity index (χ0v) is 12.2. The number of pyridine rings is 1. The van der Waals surface area contributed by atoms with E-state index in [-0.39, 0.29) is 17.2 Å². The maximum absolute atomic E-state index is 12.5. The second-order valence-corrected chi connectivity index (χ2v) is 5.80. The van der Waals surface area contributed by atoms with Crippen LogP contribution in [0.1, 0.15) is 24.8 Å². The first-order valence-electron chi connectivity index (χ1n) is 7.28. The first-order chi connectivity index (χ1) is 10.4. The van der Waals surface area contributed by atoms with Crippen LogP contribution in [-0.4, -0.2) is 24.4 Å². The predicted octanol–water partition coefficient (Wildman–Crippen LogP) is 3.85. The van der Waals surface area contributed by atoms with Crippen LogP contribution in [0.4, 0.5) is 13.2 Å². The van der Waals surface area contributed by atoms with Crippen molar-refractivity contribution in [3.05, 3.63) is 36.0 Å². The molecular formula is C16H17F3N2O. The van der Waals surface area contributed by atoms with E-state index in [0.717, 1.165) is 30.5 Å². The minimum absolute atomic E-state index is 0.247. The molecule has 3 rings (SSSR count). The Balaban J connectivity index is 2.04. The molecule has 1 fully saturated rings. The molecule has 2 heterocycles. The fourth-order valence-corrected chi connectivity index (χ4v) is 3.13. The quantitative estimate of drug-likeness (QED) is 0.915. The van der Waals surface area contributed by atoms with Crippen LogP contribution in [0.5, 0.6) is 5.75 Å². The molecule has 0 amide bonds. The third kappa shape index (κ3) is 3.16. The van der Waals surface area contributed by atoms with Crippen LogP contribution >= 0.6 is 0 Å². The van der Waals surface area contributed by atoms with Gasteiger partial charge < -0.3 is 10.1 Å². The van der Waals surface area contributed by atoms with Crippen molar-refractivity contribution in [2.45, 2.75) is 25.6 Å². The molecule has 6 heteroatoms. The lowest BCUT2D eigenvalue weighted by atomic mass is 9.84. The first-order valence-corrected chi connectivity index (χ1v) is 7.28. The van der Waals surface area contributed by atoms with E-state index in [4.69, 9.17) is 0 Å². The molecule has 0 saturated carbocycles. The van der Waals surface area contributed by atoms with Crippen LogP contribution in [-0.2, 0) is 0 Å². The van der Waals surface area contributed by atoms with Gasteiger partial charge >= 0.3 is 6.36 Å². The summed E-state index contributed by atoms with van der Waals surface area (Å²) in [5, 5.41) is 4.10. The van der Waals surface area contributed by atoms with E-state index in [1.165, 1.54) is 12.3 Å². The fraction of sp³-hybridized carbons (Fsp3) is 0.438. The third-order valence-corrected chi connectivity index (χ3v) is 4.00. The Kier molecular flexibility index (Phi) is 3.95. The SMILES string of the molecule is C[C@H]1CNCC(c2ccc(OC(F)(F)F)c3ncccc23)C1. The summed E-state index contributed by atoms with van der Waals surface area (Å²) < 4.78 is 41.6. The number of hydrogen-bond acceptors (Lipinski definition) is 3. The normalized spacial score (nSPS) is 22.7. The maximum atomic E-state index is 12.5. The van der Waals surface area contributed by atoms with Crippen molar-refractivity contribution in [3.8, 4) is 5.75 Å². The maximum Gasteiger partial charge on any atom is 0.573 e. The highest BCUT2D eigenvalue weighted by Crippen LogP contribution is 2.36. The summed E-state index contributed by atoms with van der Waals surface area (Å²) in [7, 11) is 0. The van der Waals surface area contributed by atoms with Gasteiger partial charge in [0, 0.05) is 18.1 Å². The molecule has 118 valence electrons. The van der Waals surface area contributed by atoms with Crippen molar-refractivity contribution < 1.29 is 17.9 Å². The Bertz CT molecular complexity index is 672. The molecule has 1 aromatic carbocycles. The lowest BCUT2D eigenvalue weighted by Crippen LogP contribution is -2.33. The van der Waals surface area contributed by atoms with E-state index in [1.54, 1.807) is 18.2 Å². The molecule has 1 N–H and O–H groups in total. The van der Waals surface area contributed by atoms with Gasteiger partial charge in [-0.15, -0.1) is 13.2 Å². The molecule has 0 radical (unpaired) electrons. The molecule has 2 atom stereocenters. The zero-order chi connectivity index (χ0) is 15.7. The number of nitrogens with zero attached hydrogens (tertiary/aromatic N) is 1. The van der Waals surface area contributed by atoms with Gasteiger partial charge in [0.15, 0.2) is 5.75 Å². The smallest absolute Gasteiger partial charge is 0.403 e. The van der Waals surface area contributed by atoms with Crippen molar-refractivity contribution in [1.82, 2.24) is 10.3 Å². The van der Waals surface area contributed by atoms with Gasteiger partial charge in [-0.3, -0.25) is 4.98 Å². The largest absolute Gasteiger partial charge is 0.573 e. The van der Waals surface area contributed by atoms with Crippen molar-refractivity contribution in [2.24, 2.45) is 5.92 Å². The van der Waals surface area contributed by atoms with Crippen molar-refractivity contribution >= 4 is 10.9 Å². The highest BCUT2D eigenvalue weighted by molar-refractivity contribution is 5.88. The van der Waals surface area contributed by atoms with E-state index in [2.05, 4.69) is 22.0 Å². The van der Waals surface area contributed by atoms with Crippen LogP contribution < -0.4 is 10.1 Å². The average Bonchev–Trinajstić information content (AvgIpc) is 2.46. The Labute approximate surface area is 126 Å². The summed E-state index contributed by atoms with van der Waals surface area (Å²) in [6, 6.07) is 6.65. The topological polar surface area (TPSA) is 34.1 Å². The minimum atomic E-state index is -4.72. The summed E-state index contributed by atoms with van der Waals surface area (Å²) >= 11 is 0. The number of ether oxygens (including phenoxy) is 1. The van der Waals surface area contributed by atoms with Gasteiger partial charge in [0.2, 0.25) is 0 Å². The van der Waals surface area contributed by atoms with Crippen LogP contribution in [0.2, 0.25) is 0 Å². The van der Waals surface area contributed by atoms with E-state index < -0.39 is 6.36 Å². The van der Waals surface area contributed by atoms with Crippen molar-refractivity contribution in [2.75, 3.05) is 13.1 Å². The molecule has 3 nitrogen and oxygen atoms in total. The third-order valence-electron chi connectivity index (χ3n) is 4.00. The molecular weight excluding hydrogens is 293 g/mol. The molecule has 1 unspecified atom stereocenters. The monoisotopic (exact) mass is 310 g/mol. The van der Waals surface area contributed by atoms with Gasteiger partial charge in [-0.05, 0) is 42.5 Å². The second-order valence-electron chi connectivity index (χ2n) is 5.80. The van der Waals surface area contributed by atoms with Gasteiger partial charge in [-0.1, -0.05) is 19.1 Å². The highest BCUT2D eigenvalue weighted by atomic mass is 19.4. The number of benzene rings is 1. The van der Waals surface area contributed by atoms with Crippen LogP contribution in [0.3, 0.4) is 0 Å². The van der Waals surface area contributed by atoms with Crippen molar-refractivity contribution in [3.63, 3.8) is 0 Å². The highest BCUT2D eigenvalue weighted by Gasteiger charge is 2.32. The fourth-order valence-electron chi connectivity index (χ4n) is 3.13. The lowest BCUT2D eigenvalue weighted by molar-refractivity contribution is -0.274. The summed E-state index contributed by atoms with van der Waals surface area (Å²) in [5.41, 5.74) is 1.28. The Morgan fingerprint density at radius 3 is 2.77 bits per heavy atom. The van der Waals surface area contributed by atoms with E-state index in [1.807, 2.05) is 0 Å². The van der Waals surface area contributed by atoms with Crippen LogP contribution in [0, 0.1) is 5.92 Å². The minimum Gasteiger partial charge on any atom is -0.403 e. The van der Waals surface area contributed by atoms with E-state index >= 15 is 0 Å². The summed E-state index contributed by atoms with van der Waals surface area (Å²) in [6.45, 7) is 3.97. The Morgan fingerprint density at radius 1 is 1.23 bits per heavy atom. The van der Waals surface area contributed by atoms with E-state index in [0.29, 0.717) is 5.92 Å². The number of nitrogens with one attached hydrogen (secondary N) is 1. The lowest BCUT2D eigenvalue weighted by Gasteiger charge is -2.29. The first kappa shape index (κ1) is 15.1. The number of alkyl halides is 3. The molecule has 1 aliphatic rings. The van der Waals surface area contributed by atoms with Gasteiger partial charge in [0.25, 0.3) is 0 Å². The molecule has 1 aromatic heterocycles. The average molecular weight is 310 g/mol.